The van der Waals surface area contributed by atoms with E-state index in [2.05, 4.69) is 5.32 Å². The first-order valence-electron chi connectivity index (χ1n) is 7.01. The summed E-state index contributed by atoms with van der Waals surface area (Å²) in [6, 6.07) is 8.70. The van der Waals surface area contributed by atoms with E-state index in [1.165, 1.54) is 12.1 Å². The maximum atomic E-state index is 13.2. The number of carbonyl (C=O) groups excluding carboxylic acids is 1. The summed E-state index contributed by atoms with van der Waals surface area (Å²) in [5, 5.41) is 12.5. The second-order valence-corrected chi connectivity index (χ2v) is 5.58. The van der Waals surface area contributed by atoms with Crippen LogP contribution in [0.3, 0.4) is 0 Å². The fourth-order valence-corrected chi connectivity index (χ4v) is 2.63. The summed E-state index contributed by atoms with van der Waals surface area (Å²) in [6.07, 6.45) is 0.587. The van der Waals surface area contributed by atoms with Gasteiger partial charge in [-0.05, 0) is 48.6 Å². The number of benzene rings is 2. The van der Waals surface area contributed by atoms with Gasteiger partial charge < -0.3 is 10.4 Å². The minimum atomic E-state index is -0.903. The lowest BCUT2D eigenvalue weighted by molar-refractivity contribution is -0.117. The molecule has 2 aromatic carbocycles. The van der Waals surface area contributed by atoms with E-state index in [0.717, 1.165) is 17.7 Å². The highest BCUT2D eigenvalue weighted by Crippen LogP contribution is 2.48. The van der Waals surface area contributed by atoms with Gasteiger partial charge in [-0.15, -0.1) is 0 Å². The van der Waals surface area contributed by atoms with E-state index in [9.17, 15) is 18.7 Å². The summed E-state index contributed by atoms with van der Waals surface area (Å²) in [4.78, 5) is 12.2. The Morgan fingerprint density at radius 3 is 2.68 bits per heavy atom. The van der Waals surface area contributed by atoms with Crippen molar-refractivity contribution in [2.24, 2.45) is 5.92 Å². The van der Waals surface area contributed by atoms with Crippen molar-refractivity contribution in [3.05, 3.63) is 59.2 Å². The normalized spacial score (nSPS) is 19.8. The third-order valence-corrected chi connectivity index (χ3v) is 4.00. The van der Waals surface area contributed by atoms with Gasteiger partial charge >= 0.3 is 0 Å². The number of anilines is 1. The second kappa shape index (κ2) is 5.40. The SMILES string of the molecule is Cc1cccc(O)c1NC(=O)[C@H]1C[C@H]1c1ccc(F)c(F)c1. The van der Waals surface area contributed by atoms with Crippen LogP contribution in [-0.4, -0.2) is 11.0 Å². The number of halogens is 2. The van der Waals surface area contributed by atoms with E-state index in [1.807, 2.05) is 0 Å². The number of carbonyl (C=O) groups is 1. The number of hydrogen-bond donors (Lipinski definition) is 2. The molecule has 114 valence electrons. The van der Waals surface area contributed by atoms with Gasteiger partial charge in [-0.2, -0.15) is 0 Å². The Morgan fingerprint density at radius 2 is 2.00 bits per heavy atom. The Hall–Kier alpha value is -2.43. The summed E-state index contributed by atoms with van der Waals surface area (Å²) in [5.74, 6) is -2.40. The molecule has 22 heavy (non-hydrogen) atoms. The number of hydrogen-bond acceptors (Lipinski definition) is 2. The largest absolute Gasteiger partial charge is 0.506 e. The molecule has 2 atom stereocenters. The molecule has 3 nitrogen and oxygen atoms in total. The number of phenolic OH excluding ortho intramolecular Hbond substituents is 1. The molecule has 3 rings (SSSR count). The molecule has 0 bridgehead atoms. The lowest BCUT2D eigenvalue weighted by Crippen LogP contribution is -2.15. The zero-order valence-corrected chi connectivity index (χ0v) is 11.9. The van der Waals surface area contributed by atoms with Crippen LogP contribution in [0.4, 0.5) is 14.5 Å². The molecule has 0 saturated heterocycles. The molecule has 1 amide bonds. The van der Waals surface area contributed by atoms with Crippen molar-refractivity contribution in [2.75, 3.05) is 5.32 Å². The van der Waals surface area contributed by atoms with E-state index < -0.39 is 11.6 Å². The number of nitrogens with one attached hydrogen (secondary N) is 1. The molecular formula is C17H15F2NO2. The first-order valence-corrected chi connectivity index (χ1v) is 7.01. The van der Waals surface area contributed by atoms with Gasteiger partial charge in [0.1, 0.15) is 5.75 Å². The Bertz CT molecular complexity index is 725. The van der Waals surface area contributed by atoms with Gasteiger partial charge in [-0.1, -0.05) is 18.2 Å². The lowest BCUT2D eigenvalue weighted by atomic mass is 10.1. The number of para-hydroxylation sites is 1. The zero-order chi connectivity index (χ0) is 15.9. The van der Waals surface area contributed by atoms with Gasteiger partial charge in [0, 0.05) is 5.92 Å². The lowest BCUT2D eigenvalue weighted by Gasteiger charge is -2.10. The topological polar surface area (TPSA) is 49.3 Å². The Balaban J connectivity index is 1.72. The van der Waals surface area contributed by atoms with Crippen LogP contribution in [0.15, 0.2) is 36.4 Å². The average Bonchev–Trinajstić information content (AvgIpc) is 3.26. The molecular weight excluding hydrogens is 288 g/mol. The average molecular weight is 303 g/mol. The van der Waals surface area contributed by atoms with Crippen LogP contribution in [0.1, 0.15) is 23.5 Å². The summed E-state index contributed by atoms with van der Waals surface area (Å²) in [6.45, 7) is 1.79. The van der Waals surface area contributed by atoms with E-state index in [0.29, 0.717) is 17.7 Å². The molecule has 1 aliphatic rings. The summed E-state index contributed by atoms with van der Waals surface area (Å²) in [5.41, 5.74) is 1.77. The third kappa shape index (κ3) is 2.66. The fraction of sp³-hybridized carbons (Fsp3) is 0.235. The minimum Gasteiger partial charge on any atom is -0.506 e. The fourth-order valence-electron chi connectivity index (χ4n) is 2.63. The van der Waals surface area contributed by atoms with E-state index >= 15 is 0 Å². The predicted octanol–water partition coefficient (Wildman–Crippen LogP) is 3.72. The van der Waals surface area contributed by atoms with Gasteiger partial charge in [-0.3, -0.25) is 4.79 Å². The van der Waals surface area contributed by atoms with Crippen LogP contribution < -0.4 is 5.32 Å². The van der Waals surface area contributed by atoms with Gasteiger partial charge in [-0.25, -0.2) is 8.78 Å². The molecule has 0 spiro atoms. The first kappa shape index (κ1) is 14.5. The zero-order valence-electron chi connectivity index (χ0n) is 11.9. The predicted molar refractivity (Wildman–Crippen MR) is 78.7 cm³/mol. The monoisotopic (exact) mass is 303 g/mol. The van der Waals surface area contributed by atoms with Crippen molar-refractivity contribution < 1.29 is 18.7 Å². The Labute approximate surface area is 126 Å². The van der Waals surface area contributed by atoms with Crippen LogP contribution in [0.5, 0.6) is 5.75 Å². The Morgan fingerprint density at radius 1 is 1.23 bits per heavy atom. The van der Waals surface area contributed by atoms with Crippen LogP contribution in [0, 0.1) is 24.5 Å². The second-order valence-electron chi connectivity index (χ2n) is 5.58. The molecule has 5 heteroatoms. The number of aromatic hydroxyl groups is 1. The molecule has 1 saturated carbocycles. The van der Waals surface area contributed by atoms with E-state index in [1.54, 1.807) is 19.1 Å². The van der Waals surface area contributed by atoms with Gasteiger partial charge in [0.25, 0.3) is 0 Å². The smallest absolute Gasteiger partial charge is 0.228 e. The highest BCUT2D eigenvalue weighted by molar-refractivity contribution is 5.97. The summed E-state index contributed by atoms with van der Waals surface area (Å²) < 4.78 is 26.2. The molecule has 0 radical (unpaired) electrons. The maximum absolute atomic E-state index is 13.2. The summed E-state index contributed by atoms with van der Waals surface area (Å²) in [7, 11) is 0. The molecule has 0 aromatic heterocycles. The van der Waals surface area contributed by atoms with Crippen molar-refractivity contribution in [3.8, 4) is 5.75 Å². The molecule has 0 unspecified atom stereocenters. The number of aryl methyl sites for hydroxylation is 1. The van der Waals surface area contributed by atoms with Crippen LogP contribution in [-0.2, 0) is 4.79 Å². The third-order valence-electron chi connectivity index (χ3n) is 4.00. The van der Waals surface area contributed by atoms with Crippen molar-refractivity contribution in [1.82, 2.24) is 0 Å². The molecule has 2 N–H and O–H groups in total. The number of rotatable bonds is 3. The molecule has 1 fully saturated rings. The van der Waals surface area contributed by atoms with Gasteiger partial charge in [0.2, 0.25) is 5.91 Å². The number of amides is 1. The van der Waals surface area contributed by atoms with Crippen molar-refractivity contribution in [3.63, 3.8) is 0 Å². The van der Waals surface area contributed by atoms with E-state index in [-0.39, 0.29) is 23.5 Å². The van der Waals surface area contributed by atoms with E-state index in [4.69, 9.17) is 0 Å². The van der Waals surface area contributed by atoms with Crippen molar-refractivity contribution in [1.29, 1.82) is 0 Å². The van der Waals surface area contributed by atoms with Crippen LogP contribution in [0.25, 0.3) is 0 Å². The maximum Gasteiger partial charge on any atom is 0.228 e. The van der Waals surface area contributed by atoms with Gasteiger partial charge in [0.15, 0.2) is 11.6 Å². The number of phenols is 1. The summed E-state index contributed by atoms with van der Waals surface area (Å²) >= 11 is 0. The minimum absolute atomic E-state index is 0.0124. The quantitative estimate of drug-likeness (QED) is 0.849. The molecule has 1 aliphatic carbocycles. The highest BCUT2D eigenvalue weighted by atomic mass is 19.2. The highest BCUT2D eigenvalue weighted by Gasteiger charge is 2.44. The standard InChI is InChI=1S/C17H15F2NO2/c1-9-3-2-4-15(21)16(9)20-17(22)12-8-11(12)10-5-6-13(18)14(19)7-10/h2-7,11-12,21H,8H2,1H3,(H,20,22)/t11-,12-/m0/s1. The van der Waals surface area contributed by atoms with Crippen LogP contribution in [0.2, 0.25) is 0 Å². The molecule has 0 aliphatic heterocycles. The van der Waals surface area contributed by atoms with Crippen molar-refractivity contribution in [2.45, 2.75) is 19.3 Å². The first-order chi connectivity index (χ1) is 10.5. The molecule has 2 aromatic rings. The van der Waals surface area contributed by atoms with Crippen LogP contribution >= 0.6 is 0 Å². The Kier molecular flexibility index (Phi) is 3.56. The van der Waals surface area contributed by atoms with Gasteiger partial charge in [0.05, 0.1) is 5.69 Å². The van der Waals surface area contributed by atoms with Crippen molar-refractivity contribution >= 4 is 11.6 Å². The molecule has 0 heterocycles.